The van der Waals surface area contributed by atoms with E-state index in [2.05, 4.69) is 17.6 Å². The highest BCUT2D eigenvalue weighted by Crippen LogP contribution is 2.14. The molecule has 6 heteroatoms. The fraction of sp³-hybridized carbons (Fsp3) is 0.562. The Morgan fingerprint density at radius 1 is 1.23 bits per heavy atom. The average molecular weight is 314 g/mol. The molecular weight excluding hydrogens is 290 g/mol. The second kappa shape index (κ2) is 10.8. The van der Waals surface area contributed by atoms with E-state index in [1.165, 1.54) is 6.42 Å². The van der Waals surface area contributed by atoms with Gasteiger partial charge >= 0.3 is 6.03 Å². The van der Waals surface area contributed by atoms with Crippen LogP contribution in [0.3, 0.4) is 0 Å². The molecule has 1 rings (SSSR count). The van der Waals surface area contributed by atoms with Gasteiger partial charge in [-0.25, -0.2) is 13.6 Å². The van der Waals surface area contributed by atoms with Crippen LogP contribution < -0.4 is 15.4 Å². The number of amides is 2. The number of ether oxygens (including phenoxy) is 1. The zero-order valence-electron chi connectivity index (χ0n) is 12.9. The van der Waals surface area contributed by atoms with Crippen molar-refractivity contribution in [3.8, 4) is 5.75 Å². The average Bonchev–Trinajstić information content (AvgIpc) is 2.51. The first-order valence-corrected chi connectivity index (χ1v) is 7.63. The molecular formula is C16H24F2N2O2. The van der Waals surface area contributed by atoms with Gasteiger partial charge in [0.25, 0.3) is 6.43 Å². The summed E-state index contributed by atoms with van der Waals surface area (Å²) in [5.41, 5.74) is 0.799. The number of urea groups is 1. The van der Waals surface area contributed by atoms with E-state index in [1.807, 2.05) is 0 Å². The van der Waals surface area contributed by atoms with Crippen LogP contribution in [0.15, 0.2) is 24.3 Å². The van der Waals surface area contributed by atoms with E-state index >= 15 is 0 Å². The third kappa shape index (κ3) is 8.44. The predicted octanol–water partition coefficient (Wildman–Crippen LogP) is 3.71. The number of carbonyl (C=O) groups excluding carboxylic acids is 1. The lowest BCUT2D eigenvalue weighted by Gasteiger charge is -2.09. The Hall–Kier alpha value is -1.85. The highest BCUT2D eigenvalue weighted by atomic mass is 19.3. The van der Waals surface area contributed by atoms with Gasteiger partial charge in [-0.2, -0.15) is 0 Å². The minimum atomic E-state index is -2.50. The third-order valence-electron chi connectivity index (χ3n) is 3.04. The van der Waals surface area contributed by atoms with Crippen molar-refractivity contribution >= 4 is 6.03 Å². The van der Waals surface area contributed by atoms with Crippen molar-refractivity contribution < 1.29 is 18.3 Å². The summed E-state index contributed by atoms with van der Waals surface area (Å²) in [4.78, 5) is 11.6. The molecule has 1 aromatic carbocycles. The second-order valence-electron chi connectivity index (χ2n) is 5.02. The largest absolute Gasteiger partial charge is 0.488 e. The normalized spacial score (nSPS) is 10.5. The van der Waals surface area contributed by atoms with Gasteiger partial charge in [0.1, 0.15) is 12.4 Å². The summed E-state index contributed by atoms with van der Waals surface area (Å²) in [6, 6.07) is 6.54. The van der Waals surface area contributed by atoms with Gasteiger partial charge in [-0.3, -0.25) is 0 Å². The number of benzene rings is 1. The van der Waals surface area contributed by atoms with Crippen LogP contribution in [0.1, 0.15) is 38.2 Å². The SMILES string of the molecule is CCCCCCNC(=O)NCc1cccc(OCC(F)F)c1. The summed E-state index contributed by atoms with van der Waals surface area (Å²) in [6.45, 7) is 2.49. The molecule has 2 amide bonds. The summed E-state index contributed by atoms with van der Waals surface area (Å²) in [5, 5.41) is 5.51. The Morgan fingerprint density at radius 2 is 2.05 bits per heavy atom. The highest BCUT2D eigenvalue weighted by molar-refractivity contribution is 5.73. The van der Waals surface area contributed by atoms with E-state index in [4.69, 9.17) is 4.74 Å². The van der Waals surface area contributed by atoms with Gasteiger partial charge in [-0.15, -0.1) is 0 Å². The number of hydrogen-bond donors (Lipinski definition) is 2. The van der Waals surface area contributed by atoms with Crippen LogP contribution in [-0.4, -0.2) is 25.6 Å². The van der Waals surface area contributed by atoms with E-state index in [0.717, 1.165) is 24.8 Å². The number of halogens is 2. The molecule has 0 bridgehead atoms. The molecule has 22 heavy (non-hydrogen) atoms. The molecule has 4 nitrogen and oxygen atoms in total. The number of carbonyl (C=O) groups is 1. The van der Waals surface area contributed by atoms with Gasteiger partial charge in [0.2, 0.25) is 0 Å². The van der Waals surface area contributed by atoms with Crippen molar-refractivity contribution in [3.05, 3.63) is 29.8 Å². The van der Waals surface area contributed by atoms with Crippen molar-refractivity contribution in [1.82, 2.24) is 10.6 Å². The van der Waals surface area contributed by atoms with E-state index < -0.39 is 13.0 Å². The Bertz CT molecular complexity index is 442. The predicted molar refractivity (Wildman–Crippen MR) is 82.3 cm³/mol. The van der Waals surface area contributed by atoms with Crippen LogP contribution in [0.2, 0.25) is 0 Å². The Balaban J connectivity index is 2.25. The lowest BCUT2D eigenvalue weighted by atomic mass is 10.2. The van der Waals surface area contributed by atoms with Crippen molar-refractivity contribution in [2.75, 3.05) is 13.2 Å². The molecule has 124 valence electrons. The molecule has 0 fully saturated rings. The first kappa shape index (κ1) is 18.2. The van der Waals surface area contributed by atoms with Crippen molar-refractivity contribution in [3.63, 3.8) is 0 Å². The van der Waals surface area contributed by atoms with Crippen molar-refractivity contribution in [2.24, 2.45) is 0 Å². The number of rotatable bonds is 10. The summed E-state index contributed by atoms with van der Waals surface area (Å²) in [7, 11) is 0. The molecule has 0 aliphatic heterocycles. The summed E-state index contributed by atoms with van der Waals surface area (Å²) in [5.74, 6) is 0.375. The first-order valence-electron chi connectivity index (χ1n) is 7.63. The van der Waals surface area contributed by atoms with E-state index in [9.17, 15) is 13.6 Å². The third-order valence-corrected chi connectivity index (χ3v) is 3.04. The molecule has 0 radical (unpaired) electrons. The Kier molecular flexibility index (Phi) is 8.95. The quantitative estimate of drug-likeness (QED) is 0.647. The molecule has 0 atom stereocenters. The lowest BCUT2D eigenvalue weighted by molar-refractivity contribution is 0.0818. The minimum absolute atomic E-state index is 0.226. The molecule has 0 saturated heterocycles. The van der Waals surface area contributed by atoms with E-state index in [0.29, 0.717) is 18.8 Å². The van der Waals surface area contributed by atoms with Gasteiger partial charge in [-0.1, -0.05) is 38.3 Å². The zero-order valence-corrected chi connectivity index (χ0v) is 12.9. The van der Waals surface area contributed by atoms with Crippen LogP contribution in [0.25, 0.3) is 0 Å². The Morgan fingerprint density at radius 3 is 2.77 bits per heavy atom. The number of nitrogens with one attached hydrogen (secondary N) is 2. The maximum Gasteiger partial charge on any atom is 0.315 e. The smallest absolute Gasteiger partial charge is 0.315 e. The van der Waals surface area contributed by atoms with Crippen LogP contribution in [0.5, 0.6) is 5.75 Å². The summed E-state index contributed by atoms with van der Waals surface area (Å²) >= 11 is 0. The van der Waals surface area contributed by atoms with Gasteiger partial charge in [-0.05, 0) is 24.1 Å². The minimum Gasteiger partial charge on any atom is -0.488 e. The van der Waals surface area contributed by atoms with Gasteiger partial charge in [0, 0.05) is 13.1 Å². The number of unbranched alkanes of at least 4 members (excludes halogenated alkanes) is 3. The van der Waals surface area contributed by atoms with E-state index in [-0.39, 0.29) is 6.03 Å². The molecule has 2 N–H and O–H groups in total. The monoisotopic (exact) mass is 314 g/mol. The van der Waals surface area contributed by atoms with Crippen molar-refractivity contribution in [1.29, 1.82) is 0 Å². The number of hydrogen-bond acceptors (Lipinski definition) is 2. The summed E-state index contributed by atoms with van der Waals surface area (Å²) in [6.07, 6.45) is 1.92. The fourth-order valence-electron chi connectivity index (χ4n) is 1.90. The molecule has 1 aromatic rings. The van der Waals surface area contributed by atoms with E-state index in [1.54, 1.807) is 24.3 Å². The molecule has 0 unspecified atom stereocenters. The fourth-order valence-corrected chi connectivity index (χ4v) is 1.90. The van der Waals surface area contributed by atoms with Crippen molar-refractivity contribution in [2.45, 2.75) is 45.6 Å². The Labute approximate surface area is 130 Å². The molecule has 0 spiro atoms. The maximum atomic E-state index is 12.1. The lowest BCUT2D eigenvalue weighted by Crippen LogP contribution is -2.35. The van der Waals surface area contributed by atoms with Crippen LogP contribution in [0, 0.1) is 0 Å². The molecule has 0 aliphatic rings. The van der Waals surface area contributed by atoms with Crippen LogP contribution >= 0.6 is 0 Å². The number of alkyl halides is 2. The topological polar surface area (TPSA) is 50.4 Å². The first-order chi connectivity index (χ1) is 10.6. The van der Waals surface area contributed by atoms with Crippen LogP contribution in [-0.2, 0) is 6.54 Å². The zero-order chi connectivity index (χ0) is 16.2. The summed E-state index contributed by atoms with van der Waals surface area (Å²) < 4.78 is 29.1. The molecule has 0 heterocycles. The molecule has 0 saturated carbocycles. The van der Waals surface area contributed by atoms with Crippen LogP contribution in [0.4, 0.5) is 13.6 Å². The highest BCUT2D eigenvalue weighted by Gasteiger charge is 2.05. The maximum absolute atomic E-state index is 12.1. The van der Waals surface area contributed by atoms with Gasteiger partial charge in [0.05, 0.1) is 0 Å². The van der Waals surface area contributed by atoms with Gasteiger partial charge in [0.15, 0.2) is 0 Å². The molecule has 0 aliphatic carbocycles. The van der Waals surface area contributed by atoms with Gasteiger partial charge < -0.3 is 15.4 Å². The standard InChI is InChI=1S/C16H24F2N2O2/c1-2-3-4-5-9-19-16(21)20-11-13-7-6-8-14(10-13)22-12-15(17)18/h6-8,10,15H,2-5,9,11-12H2,1H3,(H2,19,20,21). The molecule has 0 aromatic heterocycles. The second-order valence-corrected chi connectivity index (χ2v) is 5.02.